The van der Waals surface area contributed by atoms with E-state index in [0.717, 1.165) is 11.1 Å². The maximum atomic E-state index is 11.2. The van der Waals surface area contributed by atoms with Gasteiger partial charge in [-0.05, 0) is 11.6 Å². The maximum absolute atomic E-state index is 11.2. The lowest BCUT2D eigenvalue weighted by molar-refractivity contribution is 0.524. The second-order valence-electron chi connectivity index (χ2n) is 3.17. The molecule has 76 valence electrons. The summed E-state index contributed by atoms with van der Waals surface area (Å²) >= 11 is 4.14. The van der Waals surface area contributed by atoms with Crippen LogP contribution in [0.25, 0.3) is 11.3 Å². The number of rotatable bonds is 2. The van der Waals surface area contributed by atoms with Crippen LogP contribution in [0.5, 0.6) is 0 Å². The summed E-state index contributed by atoms with van der Waals surface area (Å²) in [6.45, 7) is 0. The molecule has 0 aliphatic rings. The Morgan fingerprint density at radius 2 is 1.87 bits per heavy atom. The van der Waals surface area contributed by atoms with E-state index in [0.29, 0.717) is 11.5 Å². The first-order valence-electron chi connectivity index (χ1n) is 4.60. The topological polar surface area (TPSA) is 30.2 Å². The average molecular weight is 218 g/mol. The molecular formula is C12H10O2S. The van der Waals surface area contributed by atoms with E-state index in [2.05, 4.69) is 12.6 Å². The van der Waals surface area contributed by atoms with E-state index in [4.69, 9.17) is 4.42 Å². The molecule has 0 aliphatic carbocycles. The molecule has 1 aromatic carbocycles. The van der Waals surface area contributed by atoms with E-state index in [-0.39, 0.29) is 5.63 Å². The Balaban J connectivity index is 2.54. The molecule has 0 bridgehead atoms. The highest BCUT2D eigenvalue weighted by Crippen LogP contribution is 2.18. The van der Waals surface area contributed by atoms with Crippen molar-refractivity contribution in [3.8, 4) is 11.3 Å². The molecule has 0 spiro atoms. The van der Waals surface area contributed by atoms with E-state index in [9.17, 15) is 4.79 Å². The van der Waals surface area contributed by atoms with E-state index < -0.39 is 0 Å². The van der Waals surface area contributed by atoms with Gasteiger partial charge in [0.15, 0.2) is 0 Å². The molecule has 0 aliphatic heterocycles. The summed E-state index contributed by atoms with van der Waals surface area (Å²) in [5.74, 6) is 1.12. The van der Waals surface area contributed by atoms with E-state index in [1.54, 1.807) is 0 Å². The summed E-state index contributed by atoms with van der Waals surface area (Å²) in [7, 11) is 0. The van der Waals surface area contributed by atoms with Gasteiger partial charge < -0.3 is 4.42 Å². The van der Waals surface area contributed by atoms with Gasteiger partial charge in [0, 0.05) is 17.4 Å². The minimum Gasteiger partial charge on any atom is -0.423 e. The highest BCUT2D eigenvalue weighted by atomic mass is 32.1. The molecule has 0 saturated carbocycles. The van der Waals surface area contributed by atoms with Crippen molar-refractivity contribution in [2.75, 3.05) is 0 Å². The number of hydrogen-bond acceptors (Lipinski definition) is 3. The molecule has 1 heterocycles. The second kappa shape index (κ2) is 4.36. The summed E-state index contributed by atoms with van der Waals surface area (Å²) in [4.78, 5) is 11.2. The van der Waals surface area contributed by atoms with Crippen LogP contribution in [-0.2, 0) is 5.75 Å². The number of benzene rings is 1. The van der Waals surface area contributed by atoms with Gasteiger partial charge in [0.1, 0.15) is 5.76 Å². The smallest absolute Gasteiger partial charge is 0.336 e. The van der Waals surface area contributed by atoms with Gasteiger partial charge in [0.25, 0.3) is 0 Å². The maximum Gasteiger partial charge on any atom is 0.336 e. The van der Waals surface area contributed by atoms with Gasteiger partial charge in [-0.25, -0.2) is 4.79 Å². The molecule has 3 heteroatoms. The highest BCUT2D eigenvalue weighted by Gasteiger charge is 2.02. The van der Waals surface area contributed by atoms with Gasteiger partial charge in [0.2, 0.25) is 0 Å². The van der Waals surface area contributed by atoms with Gasteiger partial charge >= 0.3 is 5.63 Å². The van der Waals surface area contributed by atoms with Crippen LogP contribution < -0.4 is 5.63 Å². The molecule has 15 heavy (non-hydrogen) atoms. The van der Waals surface area contributed by atoms with E-state index in [1.165, 1.54) is 6.07 Å². The first kappa shape index (κ1) is 10.1. The first-order valence-corrected chi connectivity index (χ1v) is 5.23. The van der Waals surface area contributed by atoms with Crippen LogP contribution in [0.3, 0.4) is 0 Å². The van der Waals surface area contributed by atoms with Crippen molar-refractivity contribution in [3.05, 3.63) is 58.4 Å². The Morgan fingerprint density at radius 1 is 1.13 bits per heavy atom. The van der Waals surface area contributed by atoms with Gasteiger partial charge in [-0.2, -0.15) is 12.6 Å². The van der Waals surface area contributed by atoms with Crippen molar-refractivity contribution in [2.45, 2.75) is 5.75 Å². The zero-order chi connectivity index (χ0) is 10.7. The Bertz CT molecular complexity index is 503. The third-order valence-electron chi connectivity index (χ3n) is 2.07. The normalized spacial score (nSPS) is 10.2. The SMILES string of the molecule is O=c1cc(CS)cc(-c2ccccc2)o1. The van der Waals surface area contributed by atoms with Gasteiger partial charge in [-0.1, -0.05) is 30.3 Å². The fraction of sp³-hybridized carbons (Fsp3) is 0.0833. The molecule has 0 N–H and O–H groups in total. The Kier molecular flexibility index (Phi) is 2.92. The predicted octanol–water partition coefficient (Wildman–Crippen LogP) is 2.74. The largest absolute Gasteiger partial charge is 0.423 e. The molecule has 2 rings (SSSR count). The number of hydrogen-bond donors (Lipinski definition) is 1. The molecule has 0 fully saturated rings. The van der Waals surface area contributed by atoms with Crippen molar-refractivity contribution in [1.29, 1.82) is 0 Å². The predicted molar refractivity (Wildman–Crippen MR) is 63.1 cm³/mol. The Labute approximate surface area is 93.0 Å². The minimum atomic E-state index is -0.333. The summed E-state index contributed by atoms with van der Waals surface area (Å²) in [5.41, 5.74) is 1.44. The second-order valence-corrected chi connectivity index (χ2v) is 3.49. The van der Waals surface area contributed by atoms with Crippen molar-refractivity contribution in [2.24, 2.45) is 0 Å². The lowest BCUT2D eigenvalue weighted by Crippen LogP contribution is -1.99. The van der Waals surface area contributed by atoms with Crippen molar-refractivity contribution in [1.82, 2.24) is 0 Å². The lowest BCUT2D eigenvalue weighted by atomic mass is 10.1. The molecule has 0 unspecified atom stereocenters. The number of thiol groups is 1. The van der Waals surface area contributed by atoms with E-state index >= 15 is 0 Å². The summed E-state index contributed by atoms with van der Waals surface area (Å²) in [6, 6.07) is 12.8. The van der Waals surface area contributed by atoms with Crippen LogP contribution >= 0.6 is 12.6 Å². The lowest BCUT2D eigenvalue weighted by Gasteiger charge is -2.01. The quantitative estimate of drug-likeness (QED) is 0.785. The van der Waals surface area contributed by atoms with E-state index in [1.807, 2.05) is 36.4 Å². The van der Waals surface area contributed by atoms with Crippen LogP contribution in [0.15, 0.2) is 51.7 Å². The molecule has 2 nitrogen and oxygen atoms in total. The van der Waals surface area contributed by atoms with Crippen LogP contribution in [0.4, 0.5) is 0 Å². The zero-order valence-electron chi connectivity index (χ0n) is 8.01. The summed E-state index contributed by atoms with van der Waals surface area (Å²) in [6.07, 6.45) is 0. The zero-order valence-corrected chi connectivity index (χ0v) is 8.91. The fourth-order valence-corrected chi connectivity index (χ4v) is 1.55. The van der Waals surface area contributed by atoms with Crippen LogP contribution in [0.1, 0.15) is 5.56 Å². The Hall–Kier alpha value is -1.48. The fourth-order valence-electron chi connectivity index (χ4n) is 1.36. The van der Waals surface area contributed by atoms with Gasteiger partial charge in [-0.15, -0.1) is 0 Å². The van der Waals surface area contributed by atoms with Crippen LogP contribution in [-0.4, -0.2) is 0 Å². The van der Waals surface area contributed by atoms with Crippen LogP contribution in [0.2, 0.25) is 0 Å². The molecule has 0 radical (unpaired) electrons. The van der Waals surface area contributed by atoms with Gasteiger partial charge in [0.05, 0.1) is 0 Å². The first-order chi connectivity index (χ1) is 7.29. The third-order valence-corrected chi connectivity index (χ3v) is 2.44. The van der Waals surface area contributed by atoms with Gasteiger partial charge in [-0.3, -0.25) is 0 Å². The molecule has 0 saturated heterocycles. The Morgan fingerprint density at radius 3 is 2.53 bits per heavy atom. The average Bonchev–Trinajstić information content (AvgIpc) is 2.29. The van der Waals surface area contributed by atoms with Crippen LogP contribution in [0, 0.1) is 0 Å². The summed E-state index contributed by atoms with van der Waals surface area (Å²) in [5, 5.41) is 0. The summed E-state index contributed by atoms with van der Waals surface area (Å²) < 4.78 is 5.12. The standard InChI is InChI=1S/C12H10O2S/c13-12-7-9(8-15)6-11(14-12)10-4-2-1-3-5-10/h1-7,15H,8H2. The minimum absolute atomic E-state index is 0.333. The molecule has 2 aromatic rings. The molecule has 0 amide bonds. The monoisotopic (exact) mass is 218 g/mol. The van der Waals surface area contributed by atoms with Crippen molar-refractivity contribution < 1.29 is 4.42 Å². The van der Waals surface area contributed by atoms with Crippen molar-refractivity contribution >= 4 is 12.6 Å². The van der Waals surface area contributed by atoms with Crippen molar-refractivity contribution in [3.63, 3.8) is 0 Å². The molecule has 0 atom stereocenters. The molecule has 1 aromatic heterocycles. The molecular weight excluding hydrogens is 208 g/mol. The third kappa shape index (κ3) is 2.30. The highest BCUT2D eigenvalue weighted by molar-refractivity contribution is 7.79.